The average molecular weight is 436 g/mol. The lowest BCUT2D eigenvalue weighted by atomic mass is 10.2. The Labute approximate surface area is 185 Å². The minimum Gasteiger partial charge on any atom is -0.385 e. The first-order chi connectivity index (χ1) is 15.2. The third kappa shape index (κ3) is 4.70. The van der Waals surface area contributed by atoms with E-state index in [1.807, 2.05) is 61.5 Å². The Hall–Kier alpha value is -2.97. The highest BCUT2D eigenvalue weighted by Gasteiger charge is 2.22. The predicted octanol–water partition coefficient (Wildman–Crippen LogP) is 3.97. The molecule has 0 saturated heterocycles. The van der Waals surface area contributed by atoms with Gasteiger partial charge >= 0.3 is 0 Å². The summed E-state index contributed by atoms with van der Waals surface area (Å²) < 4.78 is 6.81. The van der Waals surface area contributed by atoms with Crippen molar-refractivity contribution in [1.82, 2.24) is 24.9 Å². The molecule has 1 N–H and O–H groups in total. The molecule has 0 fully saturated rings. The van der Waals surface area contributed by atoms with Crippen molar-refractivity contribution in [3.05, 3.63) is 54.6 Å². The predicted molar refractivity (Wildman–Crippen MR) is 123 cm³/mol. The highest BCUT2D eigenvalue weighted by atomic mass is 32.2. The van der Waals surface area contributed by atoms with Gasteiger partial charge in [-0.2, -0.15) is 4.52 Å². The van der Waals surface area contributed by atoms with Crippen molar-refractivity contribution in [3.63, 3.8) is 0 Å². The Morgan fingerprint density at radius 3 is 2.68 bits per heavy atom. The quantitative estimate of drug-likeness (QED) is 0.243. The fraction of sp³-hybridized carbons (Fsp3) is 0.304. The van der Waals surface area contributed by atoms with E-state index < -0.39 is 0 Å². The SMILES string of the molecule is CC[C@H](Sc1nc2ccccc2c2nc(-c3ccccc3)nn12)C(=O)NCCCOC. The summed E-state index contributed by atoms with van der Waals surface area (Å²) in [5, 5.41) is 9.04. The number of methoxy groups -OCH3 is 1. The Kier molecular flexibility index (Phi) is 6.79. The molecule has 1 atom stereocenters. The van der Waals surface area contributed by atoms with Gasteiger partial charge in [0.2, 0.25) is 5.91 Å². The van der Waals surface area contributed by atoms with E-state index in [2.05, 4.69) is 5.32 Å². The first-order valence-corrected chi connectivity index (χ1v) is 11.2. The van der Waals surface area contributed by atoms with E-state index in [-0.39, 0.29) is 11.2 Å². The summed E-state index contributed by atoms with van der Waals surface area (Å²) in [7, 11) is 1.66. The van der Waals surface area contributed by atoms with E-state index in [1.54, 1.807) is 11.6 Å². The van der Waals surface area contributed by atoms with Crippen molar-refractivity contribution < 1.29 is 9.53 Å². The van der Waals surface area contributed by atoms with Crippen LogP contribution in [0.3, 0.4) is 0 Å². The molecule has 4 rings (SSSR count). The molecule has 2 aromatic carbocycles. The van der Waals surface area contributed by atoms with Gasteiger partial charge in [0.05, 0.1) is 10.8 Å². The molecule has 2 aromatic heterocycles. The van der Waals surface area contributed by atoms with Crippen molar-refractivity contribution in [1.29, 1.82) is 0 Å². The van der Waals surface area contributed by atoms with Gasteiger partial charge in [-0.15, -0.1) is 5.10 Å². The minimum absolute atomic E-state index is 0.00453. The molecule has 0 bridgehead atoms. The van der Waals surface area contributed by atoms with Crippen LogP contribution in [0.4, 0.5) is 0 Å². The lowest BCUT2D eigenvalue weighted by Crippen LogP contribution is -2.33. The van der Waals surface area contributed by atoms with Gasteiger partial charge in [-0.05, 0) is 25.0 Å². The Balaban J connectivity index is 1.70. The van der Waals surface area contributed by atoms with E-state index in [1.165, 1.54) is 11.8 Å². The maximum Gasteiger partial charge on any atom is 0.233 e. The maximum absolute atomic E-state index is 12.7. The fourth-order valence-corrected chi connectivity index (χ4v) is 4.30. The molecule has 0 aliphatic rings. The third-order valence-corrected chi connectivity index (χ3v) is 6.22. The molecule has 160 valence electrons. The van der Waals surface area contributed by atoms with Crippen molar-refractivity contribution in [2.24, 2.45) is 0 Å². The van der Waals surface area contributed by atoms with Crippen LogP contribution in [0, 0.1) is 0 Å². The molecule has 0 spiro atoms. The molecule has 1 amide bonds. The number of ether oxygens (including phenoxy) is 1. The van der Waals surface area contributed by atoms with E-state index in [0.717, 1.165) is 28.5 Å². The molecule has 8 heteroatoms. The second-order valence-electron chi connectivity index (χ2n) is 7.10. The van der Waals surface area contributed by atoms with Crippen LogP contribution in [0.25, 0.3) is 27.9 Å². The summed E-state index contributed by atoms with van der Waals surface area (Å²) in [5.74, 6) is 0.632. The zero-order valence-corrected chi connectivity index (χ0v) is 18.4. The van der Waals surface area contributed by atoms with Crippen molar-refractivity contribution in [2.75, 3.05) is 20.3 Å². The number of fused-ring (bicyclic) bond motifs is 3. The lowest BCUT2D eigenvalue weighted by molar-refractivity contribution is -0.120. The smallest absolute Gasteiger partial charge is 0.233 e. The van der Waals surface area contributed by atoms with E-state index in [9.17, 15) is 4.79 Å². The number of hydrogen-bond acceptors (Lipinski definition) is 6. The van der Waals surface area contributed by atoms with E-state index >= 15 is 0 Å². The molecular formula is C23H25N5O2S. The number of benzene rings is 2. The van der Waals surface area contributed by atoms with Crippen LogP contribution in [0.5, 0.6) is 0 Å². The first-order valence-electron chi connectivity index (χ1n) is 10.4. The first kappa shape index (κ1) is 21.3. The average Bonchev–Trinajstić information content (AvgIpc) is 3.27. The Morgan fingerprint density at radius 1 is 1.13 bits per heavy atom. The number of thioether (sulfide) groups is 1. The molecule has 4 aromatic rings. The van der Waals surface area contributed by atoms with Crippen LogP contribution >= 0.6 is 11.8 Å². The summed E-state index contributed by atoms with van der Waals surface area (Å²) in [6, 6.07) is 17.7. The number of carbonyl (C=O) groups excluding carboxylic acids is 1. The Bertz CT molecular complexity index is 1180. The molecule has 0 aliphatic heterocycles. The van der Waals surface area contributed by atoms with Gasteiger partial charge in [0.1, 0.15) is 0 Å². The number of aromatic nitrogens is 4. The molecule has 31 heavy (non-hydrogen) atoms. The molecule has 0 aliphatic carbocycles. The topological polar surface area (TPSA) is 81.4 Å². The van der Waals surface area contributed by atoms with Gasteiger partial charge < -0.3 is 10.1 Å². The van der Waals surface area contributed by atoms with Gasteiger partial charge in [-0.1, -0.05) is 61.2 Å². The summed E-state index contributed by atoms with van der Waals surface area (Å²) in [5.41, 5.74) is 2.51. The summed E-state index contributed by atoms with van der Waals surface area (Å²) >= 11 is 1.42. The Morgan fingerprint density at radius 2 is 1.90 bits per heavy atom. The van der Waals surface area contributed by atoms with Crippen LogP contribution in [0.2, 0.25) is 0 Å². The highest BCUT2D eigenvalue weighted by Crippen LogP contribution is 2.29. The summed E-state index contributed by atoms with van der Waals surface area (Å²) in [6.07, 6.45) is 1.46. The van der Waals surface area contributed by atoms with Gasteiger partial charge in [0.15, 0.2) is 16.6 Å². The molecule has 0 saturated carbocycles. The van der Waals surface area contributed by atoms with E-state index in [0.29, 0.717) is 30.6 Å². The van der Waals surface area contributed by atoms with Crippen LogP contribution in [-0.4, -0.2) is 51.0 Å². The van der Waals surface area contributed by atoms with Gasteiger partial charge in [-0.25, -0.2) is 9.97 Å². The van der Waals surface area contributed by atoms with Gasteiger partial charge in [0.25, 0.3) is 0 Å². The fourth-order valence-electron chi connectivity index (χ4n) is 3.31. The molecule has 0 radical (unpaired) electrons. The lowest BCUT2D eigenvalue weighted by Gasteiger charge is -2.15. The second kappa shape index (κ2) is 9.89. The zero-order chi connectivity index (χ0) is 21.6. The van der Waals surface area contributed by atoms with E-state index in [4.69, 9.17) is 19.8 Å². The number of para-hydroxylation sites is 1. The minimum atomic E-state index is -0.274. The maximum atomic E-state index is 12.7. The van der Waals surface area contributed by atoms with Crippen molar-refractivity contribution in [2.45, 2.75) is 30.2 Å². The monoisotopic (exact) mass is 435 g/mol. The third-order valence-electron chi connectivity index (χ3n) is 4.92. The molecule has 0 unspecified atom stereocenters. The molecule has 7 nitrogen and oxygen atoms in total. The second-order valence-corrected chi connectivity index (χ2v) is 8.27. The zero-order valence-electron chi connectivity index (χ0n) is 17.6. The number of nitrogens with zero attached hydrogens (tertiary/aromatic N) is 4. The van der Waals surface area contributed by atoms with Crippen LogP contribution in [0.1, 0.15) is 19.8 Å². The van der Waals surface area contributed by atoms with Crippen molar-refractivity contribution >= 4 is 34.2 Å². The number of nitrogens with one attached hydrogen (secondary N) is 1. The number of rotatable bonds is 9. The number of hydrogen-bond donors (Lipinski definition) is 1. The van der Waals surface area contributed by atoms with Crippen LogP contribution < -0.4 is 5.32 Å². The van der Waals surface area contributed by atoms with Crippen LogP contribution in [0.15, 0.2) is 59.8 Å². The molecular weight excluding hydrogens is 410 g/mol. The molecule has 2 heterocycles. The number of amides is 1. The normalized spacial score (nSPS) is 12.3. The van der Waals surface area contributed by atoms with Gasteiger partial charge in [-0.3, -0.25) is 4.79 Å². The highest BCUT2D eigenvalue weighted by molar-refractivity contribution is 8.00. The van der Waals surface area contributed by atoms with Gasteiger partial charge in [0, 0.05) is 31.2 Å². The number of carbonyl (C=O) groups is 1. The summed E-state index contributed by atoms with van der Waals surface area (Å²) in [4.78, 5) is 22.3. The standard InChI is InChI=1S/C23H25N5O2S/c1-3-19(22(29)24-14-9-15-30-2)31-23-25-18-13-8-7-12-17(18)21-26-20(27-28(21)23)16-10-5-4-6-11-16/h4-8,10-13,19H,3,9,14-15H2,1-2H3,(H,24,29)/t19-/m0/s1. The largest absolute Gasteiger partial charge is 0.385 e. The summed E-state index contributed by atoms with van der Waals surface area (Å²) in [6.45, 7) is 3.21. The van der Waals surface area contributed by atoms with Crippen LogP contribution in [-0.2, 0) is 9.53 Å². The van der Waals surface area contributed by atoms with Crippen molar-refractivity contribution in [3.8, 4) is 11.4 Å².